The molecule has 1 heterocycles. The van der Waals surface area contributed by atoms with Crippen molar-refractivity contribution in [2.24, 2.45) is 0 Å². The Morgan fingerprint density at radius 1 is 0.909 bits per heavy atom. The molecule has 1 aliphatic heterocycles. The maximum atomic E-state index is 14.5. The number of hydrogen-bond acceptors (Lipinski definition) is 5. The van der Waals surface area contributed by atoms with Gasteiger partial charge in [0.15, 0.2) is 8.32 Å². The van der Waals surface area contributed by atoms with Crippen molar-refractivity contribution >= 4 is 20.3 Å². The molecule has 0 aromatic heterocycles. The van der Waals surface area contributed by atoms with Crippen molar-refractivity contribution in [2.45, 2.75) is 96.6 Å². The quantitative estimate of drug-likeness (QED) is 0.205. The van der Waals surface area contributed by atoms with Crippen molar-refractivity contribution in [1.82, 2.24) is 9.80 Å². The molecule has 0 spiro atoms. The summed E-state index contributed by atoms with van der Waals surface area (Å²) >= 11 is 0. The topological polar surface area (TPSA) is 59.1 Å². The first-order valence-corrected chi connectivity index (χ1v) is 18.6. The fraction of sp³-hybridized carbons (Fsp3) is 0.429. The molecule has 1 aliphatic rings. The highest BCUT2D eigenvalue weighted by atomic mass is 28.4. The average Bonchev–Trinajstić information content (AvgIpc) is 3.31. The van der Waals surface area contributed by atoms with Gasteiger partial charge in [0.1, 0.15) is 17.2 Å². The third kappa shape index (κ3) is 9.55. The Hall–Kier alpha value is -3.40. The predicted molar refractivity (Wildman–Crippen MR) is 170 cm³/mol. The molecule has 0 N–H and O–H groups in total. The highest BCUT2D eigenvalue weighted by Gasteiger charge is 2.48. The number of nitrogens with zero attached hydrogens (tertiary/aromatic N) is 2. The lowest BCUT2D eigenvalue weighted by molar-refractivity contribution is -0.130. The van der Waals surface area contributed by atoms with Gasteiger partial charge < -0.3 is 9.16 Å². The van der Waals surface area contributed by atoms with Crippen LogP contribution in [0.15, 0.2) is 78.9 Å². The molecule has 3 aromatic rings. The van der Waals surface area contributed by atoms with Gasteiger partial charge in [-0.1, -0.05) is 60.7 Å². The van der Waals surface area contributed by atoms with E-state index in [2.05, 4.69) is 24.5 Å². The zero-order chi connectivity index (χ0) is 32.1. The van der Waals surface area contributed by atoms with Gasteiger partial charge in [-0.15, -0.1) is 0 Å². The second kappa shape index (κ2) is 14.1. The lowest BCUT2D eigenvalue weighted by Crippen LogP contribution is -2.58. The Kier molecular flexibility index (Phi) is 10.8. The number of amides is 2. The summed E-state index contributed by atoms with van der Waals surface area (Å²) in [5.41, 5.74) is 1.77. The monoisotopic (exact) mass is 622 g/mol. The van der Waals surface area contributed by atoms with Gasteiger partial charge in [0.25, 0.3) is 0 Å². The summed E-state index contributed by atoms with van der Waals surface area (Å²) in [5, 5.41) is 0. The molecular weight excluding hydrogens is 578 g/mol. The van der Waals surface area contributed by atoms with Crippen LogP contribution in [0.3, 0.4) is 0 Å². The minimum absolute atomic E-state index is 0.175. The minimum Gasteiger partial charge on any atom is -0.443 e. The van der Waals surface area contributed by atoms with Gasteiger partial charge in [-0.25, -0.2) is 18.5 Å². The van der Waals surface area contributed by atoms with Gasteiger partial charge in [-0.3, -0.25) is 9.69 Å². The Bertz CT molecular complexity index is 1350. The molecular formula is C35H44F2N2O4Si. The van der Waals surface area contributed by atoms with Crippen molar-refractivity contribution in [2.75, 3.05) is 0 Å². The normalized spacial score (nSPS) is 17.2. The van der Waals surface area contributed by atoms with Crippen LogP contribution in [0.25, 0.3) is 0 Å². The number of carbonyl (C=O) groups excluding carboxylic acids is 2. The number of carbonyl (C=O) groups is 2. The third-order valence-corrected chi connectivity index (χ3v) is 8.37. The second-order valence-electron chi connectivity index (χ2n) is 13.5. The number of rotatable bonds is 11. The smallest absolute Gasteiger partial charge is 0.417 e. The summed E-state index contributed by atoms with van der Waals surface area (Å²) in [4.78, 5) is 30.2. The zero-order valence-corrected chi connectivity index (χ0v) is 27.6. The number of imide groups is 1. The maximum Gasteiger partial charge on any atom is 0.417 e. The van der Waals surface area contributed by atoms with Crippen molar-refractivity contribution in [3.63, 3.8) is 0 Å². The fourth-order valence-corrected chi connectivity index (χ4v) is 6.87. The molecule has 0 radical (unpaired) electrons. The Balaban J connectivity index is 1.86. The van der Waals surface area contributed by atoms with Crippen molar-refractivity contribution in [3.8, 4) is 0 Å². The fourth-order valence-electron chi connectivity index (χ4n) is 5.74. The highest BCUT2D eigenvalue weighted by molar-refractivity contribution is 6.69. The second-order valence-corrected chi connectivity index (χ2v) is 17.9. The van der Waals surface area contributed by atoms with Crippen LogP contribution in [0.2, 0.25) is 19.6 Å². The molecule has 6 nitrogen and oxygen atoms in total. The first kappa shape index (κ1) is 33.5. The SMILES string of the molecule is CC(C)(C)OC(=O)N1C(=O)CC[C@H]1[C@@H](O[Si](C)(C)C)[C@H](Cc1cc(F)cc(F)c1)N(Cc1ccccc1)Cc1ccccc1. The Morgan fingerprint density at radius 2 is 1.43 bits per heavy atom. The summed E-state index contributed by atoms with van der Waals surface area (Å²) in [5.74, 6) is -1.64. The standard InChI is InChI=1S/C35H44F2N2O4Si/c1-35(2,3)42-34(41)39-30(17-18-32(39)40)33(43-44(4,5)6)31(21-27-19-28(36)22-29(37)20-27)38(23-25-13-9-7-10-14-25)24-26-15-11-8-12-16-26/h7-16,19-20,22,30-31,33H,17-18,21,23-24H2,1-6H3/t30-,31-,33+/m0/s1. The summed E-state index contributed by atoms with van der Waals surface area (Å²) in [6.45, 7) is 12.5. The van der Waals surface area contributed by atoms with Gasteiger partial charge in [0, 0.05) is 31.6 Å². The zero-order valence-electron chi connectivity index (χ0n) is 26.6. The van der Waals surface area contributed by atoms with Crippen LogP contribution in [0, 0.1) is 11.6 Å². The van der Waals surface area contributed by atoms with Gasteiger partial charge in [-0.05, 0) is 82.1 Å². The first-order valence-electron chi connectivity index (χ1n) is 15.2. The van der Waals surface area contributed by atoms with Crippen LogP contribution in [-0.4, -0.2) is 53.9 Å². The third-order valence-electron chi connectivity index (χ3n) is 7.39. The summed E-state index contributed by atoms with van der Waals surface area (Å²) in [7, 11) is -2.32. The van der Waals surface area contributed by atoms with E-state index >= 15 is 0 Å². The van der Waals surface area contributed by atoms with E-state index in [-0.39, 0.29) is 18.7 Å². The minimum atomic E-state index is -2.32. The van der Waals surface area contributed by atoms with E-state index in [1.54, 1.807) is 20.8 Å². The molecule has 2 amide bonds. The molecule has 1 fully saturated rings. The molecule has 3 aromatic carbocycles. The molecule has 0 unspecified atom stereocenters. The molecule has 0 saturated carbocycles. The number of hydrogen-bond donors (Lipinski definition) is 0. The number of likely N-dealkylation sites (tertiary alicyclic amines) is 1. The van der Waals surface area contributed by atoms with E-state index in [9.17, 15) is 18.4 Å². The van der Waals surface area contributed by atoms with Crippen molar-refractivity contribution in [3.05, 3.63) is 107 Å². The number of ether oxygens (including phenoxy) is 1. The summed E-state index contributed by atoms with van der Waals surface area (Å²) in [6.07, 6.45) is -0.558. The first-order chi connectivity index (χ1) is 20.7. The van der Waals surface area contributed by atoms with Crippen LogP contribution in [0.4, 0.5) is 13.6 Å². The molecule has 236 valence electrons. The van der Waals surface area contributed by atoms with E-state index in [1.165, 1.54) is 17.0 Å². The van der Waals surface area contributed by atoms with Gasteiger partial charge in [0.2, 0.25) is 5.91 Å². The Labute approximate surface area is 261 Å². The lowest BCUT2D eigenvalue weighted by atomic mass is 9.92. The van der Waals surface area contributed by atoms with Gasteiger partial charge >= 0.3 is 6.09 Å². The lowest BCUT2D eigenvalue weighted by Gasteiger charge is -2.44. The molecule has 44 heavy (non-hydrogen) atoms. The predicted octanol–water partition coefficient (Wildman–Crippen LogP) is 7.72. The van der Waals surface area contributed by atoms with Gasteiger partial charge in [-0.2, -0.15) is 0 Å². The molecule has 4 rings (SSSR count). The van der Waals surface area contributed by atoms with Crippen LogP contribution < -0.4 is 0 Å². The van der Waals surface area contributed by atoms with Crippen LogP contribution in [0.1, 0.15) is 50.3 Å². The van der Waals surface area contributed by atoms with E-state index < -0.39 is 49.8 Å². The average molecular weight is 623 g/mol. The van der Waals surface area contributed by atoms with Crippen LogP contribution in [-0.2, 0) is 33.5 Å². The maximum absolute atomic E-state index is 14.5. The van der Waals surface area contributed by atoms with Crippen LogP contribution in [0.5, 0.6) is 0 Å². The molecule has 3 atom stereocenters. The highest BCUT2D eigenvalue weighted by Crippen LogP contribution is 2.33. The van der Waals surface area contributed by atoms with Crippen LogP contribution >= 0.6 is 0 Å². The van der Waals surface area contributed by atoms with E-state index in [1.807, 2.05) is 60.7 Å². The molecule has 0 aliphatic carbocycles. The van der Waals surface area contributed by atoms with Crippen molar-refractivity contribution in [1.29, 1.82) is 0 Å². The molecule has 0 bridgehead atoms. The number of halogens is 2. The summed E-state index contributed by atoms with van der Waals surface area (Å²) < 4.78 is 41.7. The van der Waals surface area contributed by atoms with Gasteiger partial charge in [0.05, 0.1) is 12.1 Å². The van der Waals surface area contributed by atoms with E-state index in [4.69, 9.17) is 9.16 Å². The summed E-state index contributed by atoms with van der Waals surface area (Å²) in [6, 6.07) is 22.4. The largest absolute Gasteiger partial charge is 0.443 e. The van der Waals surface area contributed by atoms with E-state index in [0.29, 0.717) is 25.1 Å². The Morgan fingerprint density at radius 3 is 1.91 bits per heavy atom. The van der Waals surface area contributed by atoms with E-state index in [0.717, 1.165) is 17.2 Å². The van der Waals surface area contributed by atoms with Crippen molar-refractivity contribution < 1.29 is 27.5 Å². The molecule has 1 saturated heterocycles. The molecule has 9 heteroatoms. The number of benzene rings is 3.